The maximum Gasteiger partial charge on any atom is 0.190 e. The summed E-state index contributed by atoms with van der Waals surface area (Å²) in [7, 11) is 0. The monoisotopic (exact) mass is 307 g/mol. The first-order valence-electron chi connectivity index (χ1n) is 7.36. The molecule has 0 aliphatic heterocycles. The van der Waals surface area contributed by atoms with Gasteiger partial charge in [-0.15, -0.1) is 0 Å². The lowest BCUT2D eigenvalue weighted by atomic mass is 10.3. The van der Waals surface area contributed by atoms with Gasteiger partial charge in [0.1, 0.15) is 5.82 Å². The molecule has 0 radical (unpaired) electrons. The number of benzene rings is 1. The molecule has 0 aliphatic rings. The van der Waals surface area contributed by atoms with E-state index in [0.717, 1.165) is 30.3 Å². The highest BCUT2D eigenvalue weighted by Crippen LogP contribution is 2.32. The number of aryl methyl sites for hydroxylation is 1. The summed E-state index contributed by atoms with van der Waals surface area (Å²) in [5, 5.41) is 4.25. The molecule has 2 rings (SSSR count). The molecule has 0 aliphatic carbocycles. The van der Waals surface area contributed by atoms with Crippen molar-refractivity contribution in [3.8, 4) is 0 Å². The van der Waals surface area contributed by atoms with Crippen molar-refractivity contribution in [1.82, 2.24) is 10.3 Å². The van der Waals surface area contributed by atoms with Crippen molar-refractivity contribution < 1.29 is 4.39 Å². The summed E-state index contributed by atoms with van der Waals surface area (Å²) in [5.74, 6) is -0.210. The van der Waals surface area contributed by atoms with Crippen molar-refractivity contribution in [3.05, 3.63) is 40.7 Å². The van der Waals surface area contributed by atoms with Crippen molar-refractivity contribution in [3.63, 3.8) is 0 Å². The average Bonchev–Trinajstić information content (AvgIpc) is 2.83. The molecule has 0 atom stereocenters. The van der Waals surface area contributed by atoms with Crippen LogP contribution in [0.2, 0.25) is 0 Å². The van der Waals surface area contributed by atoms with Gasteiger partial charge in [-0.25, -0.2) is 9.37 Å². The van der Waals surface area contributed by atoms with E-state index in [1.807, 2.05) is 24.8 Å². The minimum Gasteiger partial charge on any atom is -0.315 e. The molecule has 1 aromatic carbocycles. The minimum absolute atomic E-state index is 0.210. The van der Waals surface area contributed by atoms with Crippen molar-refractivity contribution >= 4 is 22.2 Å². The Morgan fingerprint density at radius 1 is 1.29 bits per heavy atom. The van der Waals surface area contributed by atoms with E-state index in [4.69, 9.17) is 0 Å². The molecule has 2 aromatic rings. The Morgan fingerprint density at radius 3 is 2.71 bits per heavy atom. The van der Waals surface area contributed by atoms with Crippen LogP contribution in [0.15, 0.2) is 24.3 Å². The van der Waals surface area contributed by atoms with Gasteiger partial charge in [0.15, 0.2) is 5.13 Å². The first kappa shape index (κ1) is 15.9. The summed E-state index contributed by atoms with van der Waals surface area (Å²) < 4.78 is 14.0. The van der Waals surface area contributed by atoms with Gasteiger partial charge in [0.05, 0.1) is 11.4 Å². The molecular weight excluding hydrogens is 285 g/mol. The van der Waals surface area contributed by atoms with E-state index in [0.29, 0.717) is 12.2 Å². The van der Waals surface area contributed by atoms with Gasteiger partial charge < -0.3 is 10.2 Å². The number of halogens is 1. The molecule has 0 bridgehead atoms. The number of para-hydroxylation sites is 1. The van der Waals surface area contributed by atoms with Gasteiger partial charge in [0.25, 0.3) is 0 Å². The Labute approximate surface area is 129 Å². The minimum atomic E-state index is -0.210. The van der Waals surface area contributed by atoms with Crippen LogP contribution < -0.4 is 10.2 Å². The fraction of sp³-hybridized carbons (Fsp3) is 0.438. The summed E-state index contributed by atoms with van der Waals surface area (Å²) in [4.78, 5) is 7.76. The number of hydrogen-bond donors (Lipinski definition) is 1. The maximum atomic E-state index is 14.0. The number of nitrogens with one attached hydrogen (secondary N) is 1. The second-order valence-corrected chi connectivity index (χ2v) is 5.94. The molecule has 114 valence electrons. The predicted octanol–water partition coefficient (Wildman–Crippen LogP) is 4.25. The Kier molecular flexibility index (Phi) is 5.70. The van der Waals surface area contributed by atoms with Crippen molar-refractivity contribution in [2.24, 2.45) is 0 Å². The molecule has 0 saturated carbocycles. The number of nitrogens with zero attached hydrogens (tertiary/aromatic N) is 2. The third kappa shape index (κ3) is 3.80. The zero-order chi connectivity index (χ0) is 15.2. The summed E-state index contributed by atoms with van der Waals surface area (Å²) >= 11 is 1.63. The van der Waals surface area contributed by atoms with E-state index in [9.17, 15) is 4.39 Å². The van der Waals surface area contributed by atoms with Gasteiger partial charge in [0, 0.05) is 18.0 Å². The highest BCUT2D eigenvalue weighted by Gasteiger charge is 2.17. The van der Waals surface area contributed by atoms with Gasteiger partial charge in [-0.2, -0.15) is 0 Å². The summed E-state index contributed by atoms with van der Waals surface area (Å²) in [6.07, 6.45) is 1.11. The van der Waals surface area contributed by atoms with Gasteiger partial charge >= 0.3 is 0 Å². The molecule has 0 unspecified atom stereocenters. The van der Waals surface area contributed by atoms with Gasteiger partial charge in [-0.05, 0) is 38.9 Å². The van der Waals surface area contributed by atoms with Crippen molar-refractivity contribution in [2.45, 2.75) is 33.7 Å². The van der Waals surface area contributed by atoms with Crippen LogP contribution in [-0.2, 0) is 6.54 Å². The van der Waals surface area contributed by atoms with E-state index in [1.165, 1.54) is 10.9 Å². The Morgan fingerprint density at radius 2 is 2.05 bits per heavy atom. The zero-order valence-corrected chi connectivity index (χ0v) is 13.6. The Bertz CT molecular complexity index is 583. The van der Waals surface area contributed by atoms with Gasteiger partial charge in [0.2, 0.25) is 0 Å². The van der Waals surface area contributed by atoms with Crippen LogP contribution >= 0.6 is 11.3 Å². The van der Waals surface area contributed by atoms with Crippen molar-refractivity contribution in [1.29, 1.82) is 0 Å². The number of rotatable bonds is 7. The second kappa shape index (κ2) is 7.52. The third-order valence-corrected chi connectivity index (χ3v) is 4.46. The predicted molar refractivity (Wildman–Crippen MR) is 87.9 cm³/mol. The molecular formula is C16H22FN3S. The molecule has 3 nitrogen and oxygen atoms in total. The zero-order valence-electron chi connectivity index (χ0n) is 12.8. The van der Waals surface area contributed by atoms with Gasteiger partial charge in [-0.3, -0.25) is 0 Å². The molecule has 0 amide bonds. The standard InChI is InChI=1S/C16H22FN3S/c1-4-10-18-11-15-12(3)19-16(21-15)20(5-2)14-9-7-6-8-13(14)17/h6-9,18H,4-5,10-11H2,1-3H3. The molecule has 1 aromatic heterocycles. The molecule has 0 fully saturated rings. The Hall–Kier alpha value is -1.46. The first-order chi connectivity index (χ1) is 10.2. The lowest BCUT2D eigenvalue weighted by Gasteiger charge is -2.20. The van der Waals surface area contributed by atoms with E-state index < -0.39 is 0 Å². The Balaban J connectivity index is 2.23. The second-order valence-electron chi connectivity index (χ2n) is 4.88. The van der Waals surface area contributed by atoms with Gasteiger partial charge in [-0.1, -0.05) is 30.4 Å². The number of thiazole rings is 1. The van der Waals surface area contributed by atoms with Crippen LogP contribution in [-0.4, -0.2) is 18.1 Å². The average molecular weight is 307 g/mol. The lowest BCUT2D eigenvalue weighted by molar-refractivity contribution is 0.625. The highest BCUT2D eigenvalue weighted by atomic mass is 32.1. The first-order valence-corrected chi connectivity index (χ1v) is 8.18. The SMILES string of the molecule is CCCNCc1sc(N(CC)c2ccccc2F)nc1C. The summed E-state index contributed by atoms with van der Waals surface area (Å²) in [6, 6.07) is 6.85. The van der Waals surface area contributed by atoms with E-state index in [1.54, 1.807) is 23.5 Å². The number of anilines is 2. The lowest BCUT2D eigenvalue weighted by Crippen LogP contribution is -2.17. The molecule has 0 saturated heterocycles. The fourth-order valence-corrected chi connectivity index (χ4v) is 3.26. The molecule has 1 N–H and O–H groups in total. The molecule has 0 spiro atoms. The number of aromatic nitrogens is 1. The van der Waals surface area contributed by atoms with Crippen LogP contribution in [0.1, 0.15) is 30.8 Å². The quantitative estimate of drug-likeness (QED) is 0.775. The van der Waals surface area contributed by atoms with Crippen LogP contribution in [0.5, 0.6) is 0 Å². The number of hydrogen-bond acceptors (Lipinski definition) is 4. The normalized spacial score (nSPS) is 10.9. The molecule has 21 heavy (non-hydrogen) atoms. The van der Waals surface area contributed by atoms with Crippen LogP contribution in [0.25, 0.3) is 0 Å². The van der Waals surface area contributed by atoms with Crippen molar-refractivity contribution in [2.75, 3.05) is 18.0 Å². The van der Waals surface area contributed by atoms with Crippen LogP contribution in [0.3, 0.4) is 0 Å². The largest absolute Gasteiger partial charge is 0.315 e. The van der Waals surface area contributed by atoms with Crippen LogP contribution in [0.4, 0.5) is 15.2 Å². The van der Waals surface area contributed by atoms with E-state index >= 15 is 0 Å². The van der Waals surface area contributed by atoms with E-state index in [2.05, 4.69) is 17.2 Å². The molecule has 5 heteroatoms. The summed E-state index contributed by atoms with van der Waals surface area (Å²) in [6.45, 7) is 8.69. The third-order valence-electron chi connectivity index (χ3n) is 3.28. The topological polar surface area (TPSA) is 28.2 Å². The molecule has 1 heterocycles. The summed E-state index contributed by atoms with van der Waals surface area (Å²) in [5.41, 5.74) is 1.61. The van der Waals surface area contributed by atoms with Crippen LogP contribution in [0, 0.1) is 12.7 Å². The smallest absolute Gasteiger partial charge is 0.190 e. The fourth-order valence-electron chi connectivity index (χ4n) is 2.15. The maximum absolute atomic E-state index is 14.0. The van der Waals surface area contributed by atoms with E-state index in [-0.39, 0.29) is 5.82 Å². The highest BCUT2D eigenvalue weighted by molar-refractivity contribution is 7.15.